The van der Waals surface area contributed by atoms with Gasteiger partial charge in [-0.1, -0.05) is 54.6 Å². The maximum atomic E-state index is 2.62. The number of rotatable bonds is 1. The van der Waals surface area contributed by atoms with Gasteiger partial charge in [0.1, 0.15) is 0 Å². The van der Waals surface area contributed by atoms with E-state index in [1.54, 1.807) is 5.56 Å². The summed E-state index contributed by atoms with van der Waals surface area (Å²) in [5.41, 5.74) is 5.87. The van der Waals surface area contributed by atoms with Crippen LogP contribution in [0.2, 0.25) is 0 Å². The fourth-order valence-corrected chi connectivity index (χ4v) is 4.35. The van der Waals surface area contributed by atoms with Crippen LogP contribution in [0.3, 0.4) is 0 Å². The van der Waals surface area contributed by atoms with Gasteiger partial charge in [0.05, 0.1) is 0 Å². The second-order valence-corrected chi connectivity index (χ2v) is 6.53. The highest BCUT2D eigenvalue weighted by Gasteiger charge is 2.34. The third-order valence-electron chi connectivity index (χ3n) is 5.37. The molecule has 0 atom stereocenters. The molecular weight excluding hydrogens is 266 g/mol. The molecule has 3 heterocycles. The maximum Gasteiger partial charge on any atom is 0.0487 e. The number of anilines is 1. The van der Waals surface area contributed by atoms with Gasteiger partial charge in [-0.15, -0.1) is 0 Å². The minimum atomic E-state index is 0.744. The molecule has 0 N–H and O–H groups in total. The van der Waals surface area contributed by atoms with Crippen LogP contribution < -0.4 is 4.90 Å². The van der Waals surface area contributed by atoms with E-state index in [2.05, 4.69) is 65.6 Å². The van der Waals surface area contributed by atoms with Crippen LogP contribution >= 0.6 is 0 Å². The summed E-state index contributed by atoms with van der Waals surface area (Å²) >= 11 is 0. The largest absolute Gasteiger partial charge is 0.371 e. The van der Waals surface area contributed by atoms with Crippen molar-refractivity contribution in [3.8, 4) is 11.1 Å². The molecule has 0 saturated carbocycles. The predicted molar refractivity (Wildman–Crippen MR) is 93.6 cm³/mol. The Hall–Kier alpha value is -2.28. The second-order valence-electron chi connectivity index (χ2n) is 6.53. The van der Waals surface area contributed by atoms with Gasteiger partial charge in [0.15, 0.2) is 0 Å². The van der Waals surface area contributed by atoms with Gasteiger partial charge in [0, 0.05) is 24.3 Å². The molecule has 3 aliphatic heterocycles. The van der Waals surface area contributed by atoms with E-state index in [9.17, 15) is 0 Å². The lowest BCUT2D eigenvalue weighted by molar-refractivity contribution is 0.478. The minimum Gasteiger partial charge on any atom is -0.371 e. The standard InChI is InChI=1S/C21H19N/c1-2-6-15(7-3-1)19-14-17-8-4-5-9-18(17)20-16-10-12-22(13-11-16)21(19)20/h1-9,14,16H,10-13H2. The summed E-state index contributed by atoms with van der Waals surface area (Å²) in [7, 11) is 0. The quantitative estimate of drug-likeness (QED) is 0.593. The van der Waals surface area contributed by atoms with Crippen molar-refractivity contribution in [3.05, 3.63) is 66.2 Å². The molecule has 1 fully saturated rings. The monoisotopic (exact) mass is 285 g/mol. The fourth-order valence-electron chi connectivity index (χ4n) is 4.35. The van der Waals surface area contributed by atoms with Gasteiger partial charge in [-0.05, 0) is 46.7 Å². The van der Waals surface area contributed by atoms with Gasteiger partial charge in [0.2, 0.25) is 0 Å². The smallest absolute Gasteiger partial charge is 0.0487 e. The van der Waals surface area contributed by atoms with Crippen molar-refractivity contribution in [2.45, 2.75) is 18.8 Å². The first kappa shape index (κ1) is 12.3. The Bertz CT molecular complexity index is 842. The van der Waals surface area contributed by atoms with Gasteiger partial charge in [-0.3, -0.25) is 0 Å². The molecule has 1 nitrogen and oxygen atoms in total. The molecule has 6 rings (SSSR count). The van der Waals surface area contributed by atoms with Crippen LogP contribution in [0.15, 0.2) is 60.7 Å². The zero-order valence-electron chi connectivity index (χ0n) is 12.6. The molecule has 2 bridgehead atoms. The third kappa shape index (κ3) is 1.65. The van der Waals surface area contributed by atoms with Crippen LogP contribution in [0.1, 0.15) is 24.3 Å². The third-order valence-corrected chi connectivity index (χ3v) is 5.37. The summed E-state index contributed by atoms with van der Waals surface area (Å²) < 4.78 is 0. The molecule has 1 heteroatoms. The summed E-state index contributed by atoms with van der Waals surface area (Å²) in [6, 6.07) is 22.2. The molecule has 0 unspecified atom stereocenters. The fraction of sp³-hybridized carbons (Fsp3) is 0.238. The molecule has 3 aromatic rings. The SMILES string of the molecule is c1ccc(-c2cc3ccccc3c3c2N2CCC3CC2)cc1. The van der Waals surface area contributed by atoms with E-state index in [1.165, 1.54) is 53.5 Å². The molecule has 0 radical (unpaired) electrons. The molecule has 0 amide bonds. The highest BCUT2D eigenvalue weighted by atomic mass is 15.2. The van der Waals surface area contributed by atoms with Crippen LogP contribution in [-0.2, 0) is 0 Å². The topological polar surface area (TPSA) is 3.24 Å². The molecule has 1 saturated heterocycles. The van der Waals surface area contributed by atoms with Crippen LogP contribution in [0.5, 0.6) is 0 Å². The van der Waals surface area contributed by atoms with Gasteiger partial charge < -0.3 is 4.90 Å². The van der Waals surface area contributed by atoms with E-state index in [4.69, 9.17) is 0 Å². The van der Waals surface area contributed by atoms with Crippen molar-refractivity contribution in [2.75, 3.05) is 18.0 Å². The van der Waals surface area contributed by atoms with Gasteiger partial charge in [-0.25, -0.2) is 0 Å². The van der Waals surface area contributed by atoms with Crippen molar-refractivity contribution in [2.24, 2.45) is 0 Å². The Morgan fingerprint density at radius 1 is 0.818 bits per heavy atom. The van der Waals surface area contributed by atoms with Gasteiger partial charge in [0.25, 0.3) is 0 Å². The van der Waals surface area contributed by atoms with Crippen molar-refractivity contribution in [1.29, 1.82) is 0 Å². The zero-order valence-corrected chi connectivity index (χ0v) is 12.6. The van der Waals surface area contributed by atoms with E-state index in [1.807, 2.05) is 0 Å². The average Bonchev–Trinajstić information content (AvgIpc) is 2.62. The summed E-state index contributed by atoms with van der Waals surface area (Å²) in [6.45, 7) is 2.44. The Kier molecular flexibility index (Phi) is 2.57. The predicted octanol–water partition coefficient (Wildman–Crippen LogP) is 5.20. The molecular formula is C21H19N. The Morgan fingerprint density at radius 3 is 2.36 bits per heavy atom. The van der Waals surface area contributed by atoms with Crippen LogP contribution in [0, 0.1) is 0 Å². The Balaban J connectivity index is 1.90. The maximum absolute atomic E-state index is 2.62. The average molecular weight is 285 g/mol. The van der Waals surface area contributed by atoms with E-state index in [-0.39, 0.29) is 0 Å². The lowest BCUT2D eigenvalue weighted by Crippen LogP contribution is -2.39. The molecule has 22 heavy (non-hydrogen) atoms. The van der Waals surface area contributed by atoms with E-state index < -0.39 is 0 Å². The van der Waals surface area contributed by atoms with Crippen LogP contribution in [-0.4, -0.2) is 13.1 Å². The highest BCUT2D eigenvalue weighted by molar-refractivity contribution is 5.99. The number of nitrogens with zero attached hydrogens (tertiary/aromatic N) is 1. The minimum absolute atomic E-state index is 0.744. The van der Waals surface area contributed by atoms with Crippen molar-refractivity contribution < 1.29 is 0 Å². The first-order chi connectivity index (χ1) is 10.9. The lowest BCUT2D eigenvalue weighted by atomic mass is 9.78. The number of hydrogen-bond acceptors (Lipinski definition) is 1. The van der Waals surface area contributed by atoms with Crippen LogP contribution in [0.4, 0.5) is 5.69 Å². The Morgan fingerprint density at radius 2 is 1.55 bits per heavy atom. The van der Waals surface area contributed by atoms with Crippen molar-refractivity contribution in [1.82, 2.24) is 0 Å². The molecule has 3 aliphatic rings. The summed E-state index contributed by atoms with van der Waals surface area (Å²) in [5, 5.41) is 2.85. The van der Waals surface area contributed by atoms with E-state index >= 15 is 0 Å². The first-order valence-corrected chi connectivity index (χ1v) is 8.28. The van der Waals surface area contributed by atoms with E-state index in [0.717, 1.165) is 5.92 Å². The molecule has 0 aliphatic carbocycles. The molecule has 0 spiro atoms. The second kappa shape index (κ2) is 4.61. The molecule has 0 aromatic heterocycles. The zero-order chi connectivity index (χ0) is 14.5. The Labute approximate surface area is 131 Å². The van der Waals surface area contributed by atoms with E-state index in [0.29, 0.717) is 0 Å². The van der Waals surface area contributed by atoms with Crippen molar-refractivity contribution >= 4 is 16.5 Å². The number of piperidine rings is 1. The summed E-state index contributed by atoms with van der Waals surface area (Å²) in [4.78, 5) is 2.62. The lowest BCUT2D eigenvalue weighted by Gasteiger charge is -2.44. The van der Waals surface area contributed by atoms with Gasteiger partial charge in [-0.2, -0.15) is 0 Å². The summed E-state index contributed by atoms with van der Waals surface area (Å²) in [6.07, 6.45) is 2.63. The van der Waals surface area contributed by atoms with Gasteiger partial charge >= 0.3 is 0 Å². The normalized spacial score (nSPS) is 17.0. The molecule has 3 aromatic carbocycles. The highest BCUT2D eigenvalue weighted by Crippen LogP contribution is 2.50. The molecule has 108 valence electrons. The first-order valence-electron chi connectivity index (χ1n) is 8.28. The number of fused-ring (bicyclic) bond motifs is 3. The number of benzene rings is 3. The summed E-state index contributed by atoms with van der Waals surface area (Å²) in [5.74, 6) is 0.744. The number of hydrogen-bond donors (Lipinski definition) is 0. The van der Waals surface area contributed by atoms with Crippen LogP contribution in [0.25, 0.3) is 21.9 Å². The van der Waals surface area contributed by atoms with Crippen molar-refractivity contribution in [3.63, 3.8) is 0 Å².